The summed E-state index contributed by atoms with van der Waals surface area (Å²) in [4.78, 5) is 8.26. The molecule has 0 aliphatic carbocycles. The van der Waals surface area contributed by atoms with Gasteiger partial charge in [0.15, 0.2) is 0 Å². The molecular formula is C12H20N4O4S. The van der Waals surface area contributed by atoms with Crippen LogP contribution in [-0.2, 0) is 14.8 Å². The number of sulfonamides is 1. The summed E-state index contributed by atoms with van der Waals surface area (Å²) in [6.07, 6.45) is 1.58. The first kappa shape index (κ1) is 15.9. The standard InChI is InChI=1S/C12H20N4O4S/c1-16(2)21(17,18)8-9-6-20-7-10(9)14-12-13-5-4-11(15-12)19-3/h4-5,9-10H,6-8H2,1-3H3,(H,13,14,15)/t9-,10+/m0/s1. The van der Waals surface area contributed by atoms with Crippen LogP contribution in [0, 0.1) is 5.92 Å². The van der Waals surface area contributed by atoms with Crippen LogP contribution in [-0.4, -0.2) is 68.9 Å². The molecule has 0 saturated carbocycles. The molecule has 21 heavy (non-hydrogen) atoms. The molecular weight excluding hydrogens is 296 g/mol. The first-order chi connectivity index (χ1) is 9.92. The zero-order valence-corrected chi connectivity index (χ0v) is 13.1. The molecule has 2 atom stereocenters. The summed E-state index contributed by atoms with van der Waals surface area (Å²) >= 11 is 0. The van der Waals surface area contributed by atoms with E-state index in [0.29, 0.717) is 25.0 Å². The summed E-state index contributed by atoms with van der Waals surface area (Å²) < 4.78 is 35.6. The minimum Gasteiger partial charge on any atom is -0.481 e. The number of nitrogens with one attached hydrogen (secondary N) is 1. The smallest absolute Gasteiger partial charge is 0.226 e. The van der Waals surface area contributed by atoms with Gasteiger partial charge in [0.1, 0.15) is 0 Å². The molecule has 2 heterocycles. The molecule has 1 aliphatic rings. The molecule has 118 valence electrons. The lowest BCUT2D eigenvalue weighted by Gasteiger charge is -2.21. The van der Waals surface area contributed by atoms with Gasteiger partial charge in [0.25, 0.3) is 0 Å². The lowest BCUT2D eigenvalue weighted by atomic mass is 10.1. The Bertz CT molecular complexity index is 578. The molecule has 9 heteroatoms. The van der Waals surface area contributed by atoms with E-state index in [9.17, 15) is 8.42 Å². The number of hydrogen-bond acceptors (Lipinski definition) is 7. The van der Waals surface area contributed by atoms with E-state index >= 15 is 0 Å². The van der Waals surface area contributed by atoms with E-state index in [2.05, 4.69) is 15.3 Å². The average molecular weight is 316 g/mol. The molecule has 2 rings (SSSR count). The molecule has 0 amide bonds. The van der Waals surface area contributed by atoms with E-state index in [1.54, 1.807) is 12.3 Å². The average Bonchev–Trinajstić information content (AvgIpc) is 2.85. The van der Waals surface area contributed by atoms with Crippen molar-refractivity contribution in [2.75, 3.05) is 45.5 Å². The third-order valence-electron chi connectivity index (χ3n) is 3.33. The number of anilines is 1. The Labute approximate surface area is 124 Å². The van der Waals surface area contributed by atoms with Crippen LogP contribution < -0.4 is 10.1 Å². The van der Waals surface area contributed by atoms with E-state index in [0.717, 1.165) is 0 Å². The second-order valence-electron chi connectivity index (χ2n) is 5.03. The van der Waals surface area contributed by atoms with Crippen molar-refractivity contribution < 1.29 is 17.9 Å². The van der Waals surface area contributed by atoms with Crippen molar-refractivity contribution in [3.63, 3.8) is 0 Å². The fourth-order valence-corrected chi connectivity index (χ4v) is 3.20. The minimum atomic E-state index is -3.27. The Morgan fingerprint density at radius 1 is 1.48 bits per heavy atom. The maximum Gasteiger partial charge on any atom is 0.226 e. The Morgan fingerprint density at radius 3 is 2.90 bits per heavy atom. The summed E-state index contributed by atoms with van der Waals surface area (Å²) in [5.74, 6) is 0.731. The summed E-state index contributed by atoms with van der Waals surface area (Å²) in [7, 11) is 1.31. The van der Waals surface area contributed by atoms with Crippen molar-refractivity contribution >= 4 is 16.0 Å². The monoisotopic (exact) mass is 316 g/mol. The van der Waals surface area contributed by atoms with Gasteiger partial charge < -0.3 is 14.8 Å². The van der Waals surface area contributed by atoms with E-state index in [1.165, 1.54) is 25.5 Å². The van der Waals surface area contributed by atoms with Crippen LogP contribution in [0.5, 0.6) is 5.88 Å². The van der Waals surface area contributed by atoms with Crippen LogP contribution in [0.15, 0.2) is 12.3 Å². The van der Waals surface area contributed by atoms with Crippen LogP contribution in [0.25, 0.3) is 0 Å². The molecule has 1 aromatic heterocycles. The molecule has 0 bridgehead atoms. The second kappa shape index (κ2) is 6.54. The van der Waals surface area contributed by atoms with Gasteiger partial charge in [-0.25, -0.2) is 17.7 Å². The molecule has 1 saturated heterocycles. The quantitative estimate of drug-likeness (QED) is 0.777. The number of rotatable bonds is 6. The van der Waals surface area contributed by atoms with Crippen molar-refractivity contribution in [1.82, 2.24) is 14.3 Å². The van der Waals surface area contributed by atoms with Crippen molar-refractivity contribution in [2.24, 2.45) is 5.92 Å². The van der Waals surface area contributed by atoms with E-state index < -0.39 is 10.0 Å². The highest BCUT2D eigenvalue weighted by atomic mass is 32.2. The lowest BCUT2D eigenvalue weighted by Crippen LogP contribution is -2.37. The summed E-state index contributed by atoms with van der Waals surface area (Å²) in [5, 5.41) is 3.12. The molecule has 0 unspecified atom stereocenters. The fourth-order valence-electron chi connectivity index (χ4n) is 2.03. The van der Waals surface area contributed by atoms with Crippen LogP contribution >= 0.6 is 0 Å². The van der Waals surface area contributed by atoms with Gasteiger partial charge in [-0.1, -0.05) is 0 Å². The molecule has 1 aromatic rings. The lowest BCUT2D eigenvalue weighted by molar-refractivity contribution is 0.187. The zero-order valence-electron chi connectivity index (χ0n) is 12.3. The van der Waals surface area contributed by atoms with Gasteiger partial charge >= 0.3 is 0 Å². The normalized spacial score (nSPS) is 22.5. The fraction of sp³-hybridized carbons (Fsp3) is 0.667. The number of nitrogens with zero attached hydrogens (tertiary/aromatic N) is 3. The maximum absolute atomic E-state index is 12.0. The van der Waals surface area contributed by atoms with E-state index in [4.69, 9.17) is 9.47 Å². The van der Waals surface area contributed by atoms with Crippen LogP contribution in [0.3, 0.4) is 0 Å². The number of methoxy groups -OCH3 is 1. The van der Waals surface area contributed by atoms with Crippen LogP contribution in [0.4, 0.5) is 5.95 Å². The molecule has 0 aromatic carbocycles. The van der Waals surface area contributed by atoms with E-state index in [1.807, 2.05) is 0 Å². The largest absolute Gasteiger partial charge is 0.481 e. The molecule has 0 spiro atoms. The molecule has 1 fully saturated rings. The molecule has 1 N–H and O–H groups in total. The molecule has 1 aliphatic heterocycles. The predicted octanol–water partition coefficient (Wildman–Crippen LogP) is -0.196. The maximum atomic E-state index is 12.0. The Morgan fingerprint density at radius 2 is 2.24 bits per heavy atom. The Balaban J connectivity index is 2.05. The predicted molar refractivity (Wildman–Crippen MR) is 77.8 cm³/mol. The number of hydrogen-bond donors (Lipinski definition) is 1. The minimum absolute atomic E-state index is 0.0294. The number of ether oxygens (including phenoxy) is 2. The van der Waals surface area contributed by atoms with Gasteiger partial charge in [-0.05, 0) is 0 Å². The molecule has 0 radical (unpaired) electrons. The summed E-state index contributed by atoms with van der Waals surface area (Å²) in [6, 6.07) is 1.50. The van der Waals surface area contributed by atoms with Gasteiger partial charge in [0.2, 0.25) is 21.9 Å². The summed E-state index contributed by atoms with van der Waals surface area (Å²) in [6.45, 7) is 0.822. The third-order valence-corrected chi connectivity index (χ3v) is 5.30. The SMILES string of the molecule is COc1ccnc(N[C@@H]2COC[C@H]2CS(=O)(=O)N(C)C)n1. The first-order valence-corrected chi connectivity index (χ1v) is 8.15. The highest BCUT2D eigenvalue weighted by Crippen LogP contribution is 2.20. The van der Waals surface area contributed by atoms with Gasteiger partial charge in [-0.3, -0.25) is 0 Å². The van der Waals surface area contributed by atoms with Gasteiger partial charge in [-0.15, -0.1) is 0 Å². The van der Waals surface area contributed by atoms with Crippen LogP contribution in [0.1, 0.15) is 0 Å². The first-order valence-electron chi connectivity index (χ1n) is 6.54. The zero-order chi connectivity index (χ0) is 15.5. The van der Waals surface area contributed by atoms with Crippen molar-refractivity contribution in [2.45, 2.75) is 6.04 Å². The van der Waals surface area contributed by atoms with Crippen molar-refractivity contribution in [3.05, 3.63) is 12.3 Å². The van der Waals surface area contributed by atoms with Crippen LogP contribution in [0.2, 0.25) is 0 Å². The highest BCUT2D eigenvalue weighted by molar-refractivity contribution is 7.89. The Kier molecular flexibility index (Phi) is 4.96. The molecule has 8 nitrogen and oxygen atoms in total. The highest BCUT2D eigenvalue weighted by Gasteiger charge is 2.33. The van der Waals surface area contributed by atoms with Gasteiger partial charge in [0.05, 0.1) is 32.1 Å². The van der Waals surface area contributed by atoms with Gasteiger partial charge in [-0.2, -0.15) is 4.98 Å². The Hall–Kier alpha value is -1.45. The second-order valence-corrected chi connectivity index (χ2v) is 7.26. The van der Waals surface area contributed by atoms with Crippen molar-refractivity contribution in [1.29, 1.82) is 0 Å². The topological polar surface area (TPSA) is 93.6 Å². The third kappa shape index (κ3) is 4.02. The van der Waals surface area contributed by atoms with Gasteiger partial charge in [0, 0.05) is 32.3 Å². The van der Waals surface area contributed by atoms with E-state index in [-0.39, 0.29) is 17.7 Å². The number of aromatic nitrogens is 2. The summed E-state index contributed by atoms with van der Waals surface area (Å²) in [5.41, 5.74) is 0. The van der Waals surface area contributed by atoms with Crippen molar-refractivity contribution in [3.8, 4) is 5.88 Å².